The summed E-state index contributed by atoms with van der Waals surface area (Å²) in [5.41, 5.74) is 7.46. The number of hydrogen-bond acceptors (Lipinski definition) is 5. The normalized spacial score (nSPS) is 10.5. The fourth-order valence-electron chi connectivity index (χ4n) is 2.07. The Balaban J connectivity index is 2.05. The van der Waals surface area contributed by atoms with Gasteiger partial charge >= 0.3 is 0 Å². The Morgan fingerprint density at radius 2 is 2.10 bits per heavy atom. The van der Waals surface area contributed by atoms with Gasteiger partial charge in [-0.2, -0.15) is 0 Å². The van der Waals surface area contributed by atoms with Gasteiger partial charge in [0.15, 0.2) is 0 Å². The lowest BCUT2D eigenvalue weighted by atomic mass is 10.2. The van der Waals surface area contributed by atoms with Crippen LogP contribution in [0.15, 0.2) is 49.1 Å². The SMILES string of the molecule is CCOc1cc(-n2ccnc2-c2cccc(N)c2)ncn1. The standard InChI is InChI=1S/C15H15N5O/c1-2-21-14-9-13(18-10-19-14)20-7-6-17-15(20)11-4-3-5-12(16)8-11/h3-10H,2,16H2,1H3. The maximum atomic E-state index is 5.83. The maximum absolute atomic E-state index is 5.83. The first kappa shape index (κ1) is 13.1. The monoisotopic (exact) mass is 281 g/mol. The maximum Gasteiger partial charge on any atom is 0.218 e. The third-order valence-corrected chi connectivity index (χ3v) is 2.95. The number of nitrogens with two attached hydrogens (primary N) is 1. The summed E-state index contributed by atoms with van der Waals surface area (Å²) in [5, 5.41) is 0. The van der Waals surface area contributed by atoms with Crippen molar-refractivity contribution >= 4 is 5.69 Å². The Morgan fingerprint density at radius 1 is 1.19 bits per heavy atom. The molecule has 0 spiro atoms. The van der Waals surface area contributed by atoms with Crippen LogP contribution in [-0.2, 0) is 0 Å². The van der Waals surface area contributed by atoms with Crippen LogP contribution in [0, 0.1) is 0 Å². The molecule has 0 radical (unpaired) electrons. The molecule has 0 aliphatic carbocycles. The van der Waals surface area contributed by atoms with Crippen LogP contribution in [0.25, 0.3) is 17.2 Å². The average molecular weight is 281 g/mol. The van der Waals surface area contributed by atoms with Crippen LogP contribution in [0.2, 0.25) is 0 Å². The first-order valence-electron chi connectivity index (χ1n) is 6.62. The molecule has 0 bridgehead atoms. The van der Waals surface area contributed by atoms with Gasteiger partial charge in [0.2, 0.25) is 5.88 Å². The molecule has 0 unspecified atom stereocenters. The number of benzene rings is 1. The summed E-state index contributed by atoms with van der Waals surface area (Å²) >= 11 is 0. The number of nitrogen functional groups attached to an aromatic ring is 1. The molecule has 0 fully saturated rings. The summed E-state index contributed by atoms with van der Waals surface area (Å²) in [6, 6.07) is 9.36. The van der Waals surface area contributed by atoms with Crippen LogP contribution in [0.3, 0.4) is 0 Å². The minimum absolute atomic E-state index is 0.537. The highest BCUT2D eigenvalue weighted by Gasteiger charge is 2.10. The van der Waals surface area contributed by atoms with Gasteiger partial charge in [0.1, 0.15) is 18.0 Å². The van der Waals surface area contributed by atoms with Crippen LogP contribution >= 0.6 is 0 Å². The van der Waals surface area contributed by atoms with Crippen LogP contribution in [0.4, 0.5) is 5.69 Å². The molecule has 3 aromatic rings. The van der Waals surface area contributed by atoms with E-state index in [1.165, 1.54) is 6.33 Å². The van der Waals surface area contributed by atoms with Crippen LogP contribution in [0.1, 0.15) is 6.92 Å². The predicted molar refractivity (Wildman–Crippen MR) is 80.2 cm³/mol. The van der Waals surface area contributed by atoms with E-state index in [1.807, 2.05) is 42.0 Å². The lowest BCUT2D eigenvalue weighted by Crippen LogP contribution is -2.02. The van der Waals surface area contributed by atoms with Gasteiger partial charge in [-0.3, -0.25) is 4.57 Å². The van der Waals surface area contributed by atoms with Crippen molar-refractivity contribution in [2.75, 3.05) is 12.3 Å². The number of imidazole rings is 1. The third-order valence-electron chi connectivity index (χ3n) is 2.95. The van der Waals surface area contributed by atoms with Gasteiger partial charge in [0.05, 0.1) is 6.61 Å². The molecular formula is C15H15N5O. The Labute approximate surface area is 122 Å². The molecule has 0 aliphatic heterocycles. The highest BCUT2D eigenvalue weighted by Crippen LogP contribution is 2.23. The Kier molecular flexibility index (Phi) is 3.51. The minimum atomic E-state index is 0.537. The van der Waals surface area contributed by atoms with Crippen LogP contribution in [0.5, 0.6) is 5.88 Å². The second-order valence-electron chi connectivity index (χ2n) is 4.39. The smallest absolute Gasteiger partial charge is 0.218 e. The molecule has 0 saturated heterocycles. The van der Waals surface area contributed by atoms with E-state index in [4.69, 9.17) is 10.5 Å². The zero-order chi connectivity index (χ0) is 14.7. The van der Waals surface area contributed by atoms with Crippen molar-refractivity contribution in [2.24, 2.45) is 0 Å². The van der Waals surface area contributed by atoms with E-state index in [1.54, 1.807) is 12.3 Å². The van der Waals surface area contributed by atoms with Gasteiger partial charge in [-0.25, -0.2) is 15.0 Å². The number of nitrogens with zero attached hydrogens (tertiary/aromatic N) is 4. The third kappa shape index (κ3) is 2.69. The number of ether oxygens (including phenoxy) is 1. The molecule has 6 nitrogen and oxygen atoms in total. The number of rotatable bonds is 4. The zero-order valence-electron chi connectivity index (χ0n) is 11.6. The van der Waals surface area contributed by atoms with E-state index in [0.29, 0.717) is 24.0 Å². The van der Waals surface area contributed by atoms with Crippen molar-refractivity contribution in [2.45, 2.75) is 6.92 Å². The molecule has 0 atom stereocenters. The summed E-state index contributed by atoms with van der Waals surface area (Å²) in [6.45, 7) is 2.47. The van der Waals surface area contributed by atoms with Crippen molar-refractivity contribution in [3.8, 4) is 23.1 Å². The second kappa shape index (κ2) is 5.62. The topological polar surface area (TPSA) is 78.9 Å². The van der Waals surface area contributed by atoms with Crippen LogP contribution < -0.4 is 10.5 Å². The molecule has 0 saturated carbocycles. The van der Waals surface area contributed by atoms with E-state index < -0.39 is 0 Å². The fourth-order valence-corrected chi connectivity index (χ4v) is 2.07. The molecule has 106 valence electrons. The fraction of sp³-hybridized carbons (Fsp3) is 0.133. The van der Waals surface area contributed by atoms with Gasteiger partial charge in [-0.1, -0.05) is 12.1 Å². The molecule has 2 N–H and O–H groups in total. The summed E-state index contributed by atoms with van der Waals surface area (Å²) in [5.74, 6) is 2.00. The van der Waals surface area contributed by atoms with E-state index >= 15 is 0 Å². The molecule has 2 heterocycles. The quantitative estimate of drug-likeness (QED) is 0.742. The molecule has 3 rings (SSSR count). The molecular weight excluding hydrogens is 266 g/mol. The molecule has 0 aliphatic rings. The van der Waals surface area contributed by atoms with E-state index in [9.17, 15) is 0 Å². The Bertz CT molecular complexity index is 753. The van der Waals surface area contributed by atoms with E-state index in [-0.39, 0.29) is 0 Å². The molecule has 21 heavy (non-hydrogen) atoms. The first-order chi connectivity index (χ1) is 10.3. The summed E-state index contributed by atoms with van der Waals surface area (Å²) < 4.78 is 7.28. The van der Waals surface area contributed by atoms with E-state index in [2.05, 4.69) is 15.0 Å². The highest BCUT2D eigenvalue weighted by molar-refractivity contribution is 5.63. The highest BCUT2D eigenvalue weighted by atomic mass is 16.5. The number of hydrogen-bond donors (Lipinski definition) is 1. The van der Waals surface area contributed by atoms with Gasteiger partial charge in [-0.15, -0.1) is 0 Å². The van der Waals surface area contributed by atoms with Crippen molar-refractivity contribution in [1.82, 2.24) is 19.5 Å². The van der Waals surface area contributed by atoms with Crippen molar-refractivity contribution in [1.29, 1.82) is 0 Å². The van der Waals surface area contributed by atoms with Gasteiger partial charge in [0, 0.05) is 29.7 Å². The lowest BCUT2D eigenvalue weighted by molar-refractivity contribution is 0.326. The summed E-state index contributed by atoms with van der Waals surface area (Å²) in [4.78, 5) is 12.7. The van der Waals surface area contributed by atoms with Crippen molar-refractivity contribution in [3.05, 3.63) is 49.1 Å². The zero-order valence-corrected chi connectivity index (χ0v) is 11.6. The van der Waals surface area contributed by atoms with Gasteiger partial charge in [-0.05, 0) is 19.1 Å². The van der Waals surface area contributed by atoms with E-state index in [0.717, 1.165) is 11.4 Å². The molecule has 6 heteroatoms. The van der Waals surface area contributed by atoms with Gasteiger partial charge in [0.25, 0.3) is 0 Å². The second-order valence-corrected chi connectivity index (χ2v) is 4.39. The van der Waals surface area contributed by atoms with Crippen LogP contribution in [-0.4, -0.2) is 26.1 Å². The van der Waals surface area contributed by atoms with Gasteiger partial charge < -0.3 is 10.5 Å². The Morgan fingerprint density at radius 3 is 2.90 bits per heavy atom. The summed E-state index contributed by atoms with van der Waals surface area (Å²) in [7, 11) is 0. The largest absolute Gasteiger partial charge is 0.478 e. The molecule has 2 aromatic heterocycles. The first-order valence-corrected chi connectivity index (χ1v) is 6.62. The van der Waals surface area contributed by atoms with Crippen molar-refractivity contribution < 1.29 is 4.74 Å². The number of anilines is 1. The van der Waals surface area contributed by atoms with Crippen molar-refractivity contribution in [3.63, 3.8) is 0 Å². The number of aromatic nitrogens is 4. The lowest BCUT2D eigenvalue weighted by Gasteiger charge is -2.09. The molecule has 1 aromatic carbocycles. The predicted octanol–water partition coefficient (Wildman–Crippen LogP) is 2.31. The average Bonchev–Trinajstić information content (AvgIpc) is 2.97. The Hall–Kier alpha value is -2.89. The molecule has 0 amide bonds. The minimum Gasteiger partial charge on any atom is -0.478 e. The summed E-state index contributed by atoms with van der Waals surface area (Å²) in [6.07, 6.45) is 5.04.